The van der Waals surface area contributed by atoms with Gasteiger partial charge in [-0.2, -0.15) is 0 Å². The summed E-state index contributed by atoms with van der Waals surface area (Å²) >= 11 is 0. The molecule has 6 unspecified atom stereocenters. The maximum atomic E-state index is 13.8. The van der Waals surface area contributed by atoms with Crippen LogP contribution in [-0.2, 0) is 20.9 Å². The summed E-state index contributed by atoms with van der Waals surface area (Å²) in [6, 6.07) is 45.2. The SMILES string of the molecule is Nc1ncccc1C(c1ccccc1NC(=O)CCCCCCCC(=O)NCc1ccc(C2C(CCC(O)c3ccc(F)cc3)C(=O)N2c2ccc(F)cc2)cc1)C(c1ccccn1)C(O)c1ccccc1. The molecule has 6 N–H and O–H groups in total. The fraction of sp³-hybridized carbons (Fsp3) is 0.271. The second-order valence-corrected chi connectivity index (χ2v) is 18.4. The topological polar surface area (TPSA) is 171 Å². The van der Waals surface area contributed by atoms with Crippen LogP contribution in [0.1, 0.15) is 127 Å². The first-order valence-electron chi connectivity index (χ1n) is 24.7. The Labute approximate surface area is 419 Å². The molecule has 6 atom stereocenters. The predicted molar refractivity (Wildman–Crippen MR) is 275 cm³/mol. The van der Waals surface area contributed by atoms with Crippen molar-refractivity contribution in [2.45, 2.75) is 94.4 Å². The minimum Gasteiger partial charge on any atom is -0.388 e. The van der Waals surface area contributed by atoms with Crippen molar-refractivity contribution in [1.82, 2.24) is 15.3 Å². The number of β-lactam (4-membered cyclic amide) rings is 1. The number of nitrogens with zero attached hydrogens (tertiary/aromatic N) is 3. The van der Waals surface area contributed by atoms with Gasteiger partial charge in [0.25, 0.3) is 0 Å². The highest BCUT2D eigenvalue weighted by atomic mass is 19.1. The molecule has 5 aromatic carbocycles. The molecule has 13 heteroatoms. The van der Waals surface area contributed by atoms with Crippen LogP contribution in [0.15, 0.2) is 170 Å². The number of amides is 3. The third-order valence-corrected chi connectivity index (χ3v) is 13.6. The van der Waals surface area contributed by atoms with Crippen LogP contribution in [0.2, 0.25) is 0 Å². The quantitative estimate of drug-likeness (QED) is 0.0311. The molecular weight excluding hydrogens is 911 g/mol. The lowest BCUT2D eigenvalue weighted by Crippen LogP contribution is -2.55. The minimum atomic E-state index is -0.973. The van der Waals surface area contributed by atoms with Crippen LogP contribution < -0.4 is 21.3 Å². The van der Waals surface area contributed by atoms with Gasteiger partial charge in [-0.25, -0.2) is 13.8 Å². The summed E-state index contributed by atoms with van der Waals surface area (Å²) in [6.07, 6.45) is 6.80. The van der Waals surface area contributed by atoms with Crippen LogP contribution in [0.4, 0.5) is 26.0 Å². The molecular formula is C59H60F2N6O5. The van der Waals surface area contributed by atoms with Gasteiger partial charge in [-0.1, -0.05) is 116 Å². The smallest absolute Gasteiger partial charge is 0.233 e. The summed E-state index contributed by atoms with van der Waals surface area (Å²) in [7, 11) is 0. The van der Waals surface area contributed by atoms with Gasteiger partial charge in [-0.05, 0) is 114 Å². The van der Waals surface area contributed by atoms with Crippen molar-refractivity contribution in [1.29, 1.82) is 0 Å². The second-order valence-electron chi connectivity index (χ2n) is 18.4. The number of benzene rings is 5. The number of nitrogens with two attached hydrogens (primary N) is 1. The molecule has 0 spiro atoms. The van der Waals surface area contributed by atoms with Crippen LogP contribution in [-0.4, -0.2) is 37.9 Å². The van der Waals surface area contributed by atoms with Gasteiger partial charge in [0.2, 0.25) is 17.7 Å². The summed E-state index contributed by atoms with van der Waals surface area (Å²) in [6.45, 7) is 0.337. The van der Waals surface area contributed by atoms with E-state index in [2.05, 4.69) is 15.6 Å². The van der Waals surface area contributed by atoms with Gasteiger partial charge in [0.05, 0.1) is 24.2 Å². The fourth-order valence-corrected chi connectivity index (χ4v) is 9.80. The number of carbonyl (C=O) groups excluding carboxylic acids is 3. The van der Waals surface area contributed by atoms with Crippen molar-refractivity contribution in [3.05, 3.63) is 221 Å². The van der Waals surface area contributed by atoms with E-state index in [0.717, 1.165) is 41.5 Å². The van der Waals surface area contributed by atoms with Crippen LogP contribution in [0.5, 0.6) is 0 Å². The Hall–Kier alpha value is -7.61. The fourth-order valence-electron chi connectivity index (χ4n) is 9.80. The van der Waals surface area contributed by atoms with E-state index in [4.69, 9.17) is 10.7 Å². The average Bonchev–Trinajstić information content (AvgIpc) is 3.40. The summed E-state index contributed by atoms with van der Waals surface area (Å²) in [5.74, 6) is -2.34. The molecule has 11 nitrogen and oxygen atoms in total. The zero-order chi connectivity index (χ0) is 50.4. The number of nitrogen functional groups attached to an aromatic ring is 1. The largest absolute Gasteiger partial charge is 0.388 e. The first-order valence-corrected chi connectivity index (χ1v) is 24.7. The van der Waals surface area contributed by atoms with Crippen molar-refractivity contribution >= 4 is 34.9 Å². The summed E-state index contributed by atoms with van der Waals surface area (Å²) in [5.41, 5.74) is 13.0. The molecule has 8 rings (SSSR count). The third kappa shape index (κ3) is 12.6. The Morgan fingerprint density at radius 3 is 1.97 bits per heavy atom. The standard InChI is InChI=1S/C59H60F2N6O5/c60-43-28-26-40(27-29-43)51(68)35-34-48-56(67(59(48)72)45-32-30-44(61)31-33-45)41-24-22-39(23-25-41)38-65-52(69)20-7-2-1-3-8-21-53(70)66-49-18-10-9-16-46(49)54(47-17-13-37-64-58(47)62)55(50-19-11-12-36-63-50)57(71)42-14-5-4-6-15-42/h4-6,9-19,22-33,36-37,48,51,54-57,68,71H,1-3,7-8,20-21,34-35,38H2,(H2,62,64)(H,65,69)(H,66,70). The van der Waals surface area contributed by atoms with E-state index in [1.165, 1.54) is 36.4 Å². The molecule has 0 aliphatic carbocycles. The zero-order valence-corrected chi connectivity index (χ0v) is 40.0. The maximum Gasteiger partial charge on any atom is 0.233 e. The molecule has 3 amide bonds. The maximum absolute atomic E-state index is 13.8. The molecule has 1 aliphatic rings. The molecule has 1 aliphatic heterocycles. The Morgan fingerprint density at radius 1 is 0.653 bits per heavy atom. The summed E-state index contributed by atoms with van der Waals surface area (Å²) in [4.78, 5) is 50.7. The number of hydrogen-bond donors (Lipinski definition) is 5. The minimum absolute atomic E-state index is 0.0584. The molecule has 1 saturated heterocycles. The average molecular weight is 971 g/mol. The highest BCUT2D eigenvalue weighted by Gasteiger charge is 2.48. The van der Waals surface area contributed by atoms with Gasteiger partial charge >= 0.3 is 0 Å². The number of aromatic nitrogens is 2. The van der Waals surface area contributed by atoms with Gasteiger partial charge in [0, 0.05) is 66.2 Å². The van der Waals surface area contributed by atoms with Crippen molar-refractivity contribution in [3.63, 3.8) is 0 Å². The monoisotopic (exact) mass is 970 g/mol. The van der Waals surface area contributed by atoms with E-state index in [1.807, 2.05) is 109 Å². The van der Waals surface area contributed by atoms with Gasteiger partial charge in [0.15, 0.2) is 0 Å². The number of pyridine rings is 2. The molecule has 0 bridgehead atoms. The van der Waals surface area contributed by atoms with Gasteiger partial charge in [-0.15, -0.1) is 0 Å². The van der Waals surface area contributed by atoms with Crippen molar-refractivity contribution in [2.24, 2.45) is 5.92 Å². The second kappa shape index (κ2) is 24.5. The van der Waals surface area contributed by atoms with Crippen LogP contribution in [0.25, 0.3) is 0 Å². The number of carbonyl (C=O) groups is 3. The first kappa shape index (κ1) is 50.8. The predicted octanol–water partition coefficient (Wildman–Crippen LogP) is 11.2. The Balaban J connectivity index is 0.805. The molecule has 1 fully saturated rings. The van der Waals surface area contributed by atoms with E-state index in [1.54, 1.807) is 29.4 Å². The zero-order valence-electron chi connectivity index (χ0n) is 40.0. The van der Waals surface area contributed by atoms with E-state index in [0.29, 0.717) is 79.1 Å². The Kier molecular flexibility index (Phi) is 17.3. The molecule has 0 saturated carbocycles. The van der Waals surface area contributed by atoms with Crippen LogP contribution in [0.3, 0.4) is 0 Å². The number of nitrogens with one attached hydrogen (secondary N) is 2. The third-order valence-electron chi connectivity index (χ3n) is 13.6. The number of unbranched alkanes of at least 4 members (excludes halogenated alkanes) is 4. The summed E-state index contributed by atoms with van der Waals surface area (Å²) in [5, 5.41) is 29.1. The van der Waals surface area contributed by atoms with E-state index < -0.39 is 41.6 Å². The molecule has 2 aromatic heterocycles. The van der Waals surface area contributed by atoms with E-state index >= 15 is 0 Å². The van der Waals surface area contributed by atoms with Gasteiger partial charge < -0.3 is 31.5 Å². The normalized spacial score (nSPS) is 16.0. The van der Waals surface area contributed by atoms with Crippen LogP contribution >= 0.6 is 0 Å². The Morgan fingerprint density at radius 2 is 1.28 bits per heavy atom. The molecule has 370 valence electrons. The number of anilines is 3. The first-order chi connectivity index (χ1) is 35.0. The van der Waals surface area contributed by atoms with Crippen molar-refractivity contribution in [2.75, 3.05) is 16.0 Å². The van der Waals surface area contributed by atoms with E-state index in [9.17, 15) is 33.4 Å². The van der Waals surface area contributed by atoms with Crippen LogP contribution in [0, 0.1) is 17.6 Å². The lowest BCUT2D eigenvalue weighted by Gasteiger charge is -2.48. The Bertz CT molecular complexity index is 2870. The molecule has 0 radical (unpaired) electrons. The number of hydrogen-bond acceptors (Lipinski definition) is 8. The lowest BCUT2D eigenvalue weighted by atomic mass is 9.74. The molecule has 72 heavy (non-hydrogen) atoms. The van der Waals surface area contributed by atoms with Gasteiger partial charge in [-0.3, -0.25) is 19.4 Å². The lowest BCUT2D eigenvalue weighted by molar-refractivity contribution is -0.131. The number of halogens is 2. The number of para-hydroxylation sites is 1. The molecule has 7 aromatic rings. The number of rotatable bonds is 23. The molecule has 3 heterocycles. The van der Waals surface area contributed by atoms with Crippen molar-refractivity contribution in [3.8, 4) is 0 Å². The highest BCUT2D eigenvalue weighted by molar-refractivity contribution is 6.03. The summed E-state index contributed by atoms with van der Waals surface area (Å²) < 4.78 is 27.3. The van der Waals surface area contributed by atoms with Gasteiger partial charge in [0.1, 0.15) is 17.5 Å². The van der Waals surface area contributed by atoms with E-state index in [-0.39, 0.29) is 23.8 Å². The highest BCUT2D eigenvalue weighted by Crippen LogP contribution is 2.49. The number of aliphatic hydroxyl groups excluding tert-OH is 2. The number of aliphatic hydroxyl groups is 2. The van der Waals surface area contributed by atoms with Crippen molar-refractivity contribution < 1.29 is 33.4 Å².